The van der Waals surface area contributed by atoms with E-state index in [2.05, 4.69) is 33.0 Å². The summed E-state index contributed by atoms with van der Waals surface area (Å²) in [5, 5.41) is 3.69. The van der Waals surface area contributed by atoms with Gasteiger partial charge >= 0.3 is 0 Å². The fourth-order valence-electron chi connectivity index (χ4n) is 3.73. The molecule has 1 N–H and O–H groups in total. The first kappa shape index (κ1) is 18.0. The van der Waals surface area contributed by atoms with Gasteiger partial charge in [-0.25, -0.2) is 0 Å². The summed E-state index contributed by atoms with van der Waals surface area (Å²) >= 11 is 0. The molecule has 2 heteroatoms. The van der Waals surface area contributed by atoms with Gasteiger partial charge in [-0.15, -0.1) is 0 Å². The summed E-state index contributed by atoms with van der Waals surface area (Å²) in [6.45, 7) is 12.8. The average molecular weight is 284 g/mol. The molecule has 0 atom stereocenters. The molecule has 1 fully saturated rings. The summed E-state index contributed by atoms with van der Waals surface area (Å²) in [5.41, 5.74) is 1.02. The average Bonchev–Trinajstić information content (AvgIpc) is 2.39. The topological polar surface area (TPSA) is 21.3 Å². The molecule has 120 valence electrons. The van der Waals surface area contributed by atoms with Crippen LogP contribution < -0.4 is 5.32 Å². The van der Waals surface area contributed by atoms with E-state index in [1.54, 1.807) is 0 Å². The van der Waals surface area contributed by atoms with Crippen LogP contribution in [0.4, 0.5) is 0 Å². The molecule has 0 saturated heterocycles. The molecule has 0 unspecified atom stereocenters. The standard InChI is InChI=1S/C18H37NO/c1-6-13-19-15-18(10-7-14-20-5)11-8-16(9-12-18)17(2,3)4/h16,19H,6-15H2,1-5H3. The molecule has 0 heterocycles. The molecule has 0 aromatic heterocycles. The fourth-order valence-corrected chi connectivity index (χ4v) is 3.73. The third kappa shape index (κ3) is 5.73. The molecular weight excluding hydrogens is 246 g/mol. The van der Waals surface area contributed by atoms with Crippen LogP contribution in [0.25, 0.3) is 0 Å². The first-order chi connectivity index (χ1) is 9.43. The van der Waals surface area contributed by atoms with Gasteiger partial charge in [0.15, 0.2) is 0 Å². The summed E-state index contributed by atoms with van der Waals surface area (Å²) in [6, 6.07) is 0. The maximum Gasteiger partial charge on any atom is 0.0462 e. The second-order valence-corrected chi connectivity index (χ2v) is 7.91. The van der Waals surface area contributed by atoms with Crippen LogP contribution in [0.2, 0.25) is 0 Å². The van der Waals surface area contributed by atoms with Crippen molar-refractivity contribution < 1.29 is 4.74 Å². The fraction of sp³-hybridized carbons (Fsp3) is 1.00. The number of nitrogens with one attached hydrogen (secondary N) is 1. The zero-order valence-electron chi connectivity index (χ0n) is 14.6. The Bertz CT molecular complexity index is 237. The number of rotatable bonds is 8. The van der Waals surface area contributed by atoms with E-state index in [1.165, 1.54) is 51.5 Å². The molecule has 2 nitrogen and oxygen atoms in total. The second-order valence-electron chi connectivity index (χ2n) is 7.91. The van der Waals surface area contributed by atoms with Crippen molar-refractivity contribution in [3.63, 3.8) is 0 Å². The largest absolute Gasteiger partial charge is 0.385 e. The van der Waals surface area contributed by atoms with E-state index >= 15 is 0 Å². The monoisotopic (exact) mass is 283 g/mol. The van der Waals surface area contributed by atoms with E-state index in [0.717, 1.165) is 19.1 Å². The van der Waals surface area contributed by atoms with Crippen molar-refractivity contribution in [2.75, 3.05) is 26.8 Å². The Hall–Kier alpha value is -0.0800. The van der Waals surface area contributed by atoms with Crippen molar-refractivity contribution in [1.29, 1.82) is 0 Å². The Balaban J connectivity index is 2.52. The molecular formula is C18H37NO. The number of hydrogen-bond donors (Lipinski definition) is 1. The van der Waals surface area contributed by atoms with Crippen LogP contribution in [0.15, 0.2) is 0 Å². The van der Waals surface area contributed by atoms with Gasteiger partial charge in [0, 0.05) is 20.3 Å². The molecule has 1 aliphatic rings. The molecule has 0 aliphatic heterocycles. The predicted molar refractivity (Wildman–Crippen MR) is 88.1 cm³/mol. The van der Waals surface area contributed by atoms with Crippen molar-refractivity contribution in [2.24, 2.45) is 16.7 Å². The zero-order valence-corrected chi connectivity index (χ0v) is 14.6. The molecule has 20 heavy (non-hydrogen) atoms. The zero-order chi connectivity index (χ0) is 15.1. The van der Waals surface area contributed by atoms with Gasteiger partial charge in [-0.3, -0.25) is 0 Å². The summed E-state index contributed by atoms with van der Waals surface area (Å²) in [7, 11) is 1.82. The predicted octanol–water partition coefficient (Wildman–Crippen LogP) is 4.64. The second kappa shape index (κ2) is 8.38. The maximum absolute atomic E-state index is 5.26. The van der Waals surface area contributed by atoms with Crippen LogP contribution in [0.1, 0.15) is 72.6 Å². The molecule has 1 rings (SSSR count). The smallest absolute Gasteiger partial charge is 0.0462 e. The minimum Gasteiger partial charge on any atom is -0.385 e. The lowest BCUT2D eigenvalue weighted by molar-refractivity contribution is 0.0703. The lowest BCUT2D eigenvalue weighted by Crippen LogP contribution is -2.40. The molecule has 0 amide bonds. The van der Waals surface area contributed by atoms with Crippen LogP contribution in [0.3, 0.4) is 0 Å². The van der Waals surface area contributed by atoms with Gasteiger partial charge < -0.3 is 10.1 Å². The van der Waals surface area contributed by atoms with Gasteiger partial charge in [0.05, 0.1) is 0 Å². The van der Waals surface area contributed by atoms with E-state index in [4.69, 9.17) is 4.74 Å². The van der Waals surface area contributed by atoms with Crippen LogP contribution in [-0.2, 0) is 4.74 Å². The normalized spacial score (nSPS) is 27.8. The number of hydrogen-bond acceptors (Lipinski definition) is 2. The van der Waals surface area contributed by atoms with E-state index in [-0.39, 0.29) is 0 Å². The lowest BCUT2D eigenvalue weighted by Gasteiger charge is -2.44. The summed E-state index contributed by atoms with van der Waals surface area (Å²) in [6.07, 6.45) is 9.39. The van der Waals surface area contributed by atoms with Gasteiger partial charge in [0.25, 0.3) is 0 Å². The molecule has 0 spiro atoms. The van der Waals surface area contributed by atoms with E-state index in [9.17, 15) is 0 Å². The third-order valence-corrected chi connectivity index (χ3v) is 5.25. The maximum atomic E-state index is 5.26. The van der Waals surface area contributed by atoms with Gasteiger partial charge in [0.1, 0.15) is 0 Å². The van der Waals surface area contributed by atoms with Crippen LogP contribution in [0, 0.1) is 16.7 Å². The molecule has 0 bridgehead atoms. The first-order valence-electron chi connectivity index (χ1n) is 8.63. The van der Waals surface area contributed by atoms with Crippen molar-refractivity contribution >= 4 is 0 Å². The Kier molecular flexibility index (Phi) is 7.53. The minimum atomic E-state index is 0.482. The van der Waals surface area contributed by atoms with Gasteiger partial charge in [-0.1, -0.05) is 27.7 Å². The van der Waals surface area contributed by atoms with Crippen LogP contribution in [-0.4, -0.2) is 26.8 Å². The van der Waals surface area contributed by atoms with Crippen molar-refractivity contribution in [3.05, 3.63) is 0 Å². The van der Waals surface area contributed by atoms with Crippen LogP contribution >= 0.6 is 0 Å². The summed E-state index contributed by atoms with van der Waals surface area (Å²) in [5.74, 6) is 0.907. The van der Waals surface area contributed by atoms with E-state index < -0.39 is 0 Å². The van der Waals surface area contributed by atoms with E-state index in [0.29, 0.717) is 10.8 Å². The van der Waals surface area contributed by atoms with E-state index in [1.807, 2.05) is 7.11 Å². The molecule has 1 aliphatic carbocycles. The first-order valence-corrected chi connectivity index (χ1v) is 8.63. The Morgan fingerprint density at radius 1 is 1.20 bits per heavy atom. The minimum absolute atomic E-state index is 0.482. The third-order valence-electron chi connectivity index (χ3n) is 5.25. The van der Waals surface area contributed by atoms with Gasteiger partial charge in [-0.05, 0) is 68.2 Å². The molecule has 0 radical (unpaired) electrons. The highest BCUT2D eigenvalue weighted by Gasteiger charge is 2.37. The highest BCUT2D eigenvalue weighted by Crippen LogP contribution is 2.47. The quantitative estimate of drug-likeness (QED) is 0.655. The summed E-state index contributed by atoms with van der Waals surface area (Å²) in [4.78, 5) is 0. The summed E-state index contributed by atoms with van der Waals surface area (Å²) < 4.78 is 5.26. The molecule has 0 aromatic carbocycles. The number of methoxy groups -OCH3 is 1. The highest BCUT2D eigenvalue weighted by molar-refractivity contribution is 4.90. The Morgan fingerprint density at radius 2 is 1.85 bits per heavy atom. The lowest BCUT2D eigenvalue weighted by atomic mass is 9.62. The van der Waals surface area contributed by atoms with Crippen LogP contribution in [0.5, 0.6) is 0 Å². The number of ether oxygens (including phenoxy) is 1. The molecule has 1 saturated carbocycles. The van der Waals surface area contributed by atoms with Gasteiger partial charge in [-0.2, -0.15) is 0 Å². The molecule has 0 aromatic rings. The van der Waals surface area contributed by atoms with Crippen molar-refractivity contribution in [1.82, 2.24) is 5.32 Å². The van der Waals surface area contributed by atoms with Crippen molar-refractivity contribution in [3.8, 4) is 0 Å². The van der Waals surface area contributed by atoms with Gasteiger partial charge in [0.2, 0.25) is 0 Å². The van der Waals surface area contributed by atoms with Crippen molar-refractivity contribution in [2.45, 2.75) is 72.6 Å². The Labute approximate surface area is 127 Å². The SMILES string of the molecule is CCCNCC1(CCCOC)CCC(C(C)(C)C)CC1. The Morgan fingerprint density at radius 3 is 2.35 bits per heavy atom. The highest BCUT2D eigenvalue weighted by atomic mass is 16.5.